The number of anilines is 2. The maximum atomic E-state index is 12.1. The van der Waals surface area contributed by atoms with Crippen molar-refractivity contribution in [3.8, 4) is 22.3 Å². The molecule has 32 heavy (non-hydrogen) atoms. The summed E-state index contributed by atoms with van der Waals surface area (Å²) in [5.74, 6) is 0.491. The predicted molar refractivity (Wildman–Crippen MR) is 130 cm³/mol. The minimum Gasteiger partial charge on any atom is -0.383 e. The number of nitrogens with zero attached hydrogens (tertiary/aromatic N) is 3. The fraction of sp³-hybridized carbons (Fsp3) is 0.308. The second-order valence-corrected chi connectivity index (χ2v) is 8.93. The van der Waals surface area contributed by atoms with Crippen LogP contribution in [0.4, 0.5) is 11.5 Å². The number of nitrogens with two attached hydrogens (primary N) is 1. The van der Waals surface area contributed by atoms with E-state index in [1.807, 2.05) is 18.3 Å². The molecule has 0 spiro atoms. The molecule has 6 nitrogen and oxygen atoms in total. The molecule has 1 fully saturated rings. The van der Waals surface area contributed by atoms with Gasteiger partial charge in [-0.3, -0.25) is 4.79 Å². The van der Waals surface area contributed by atoms with Crippen molar-refractivity contribution >= 4 is 17.4 Å². The predicted octanol–water partition coefficient (Wildman–Crippen LogP) is 3.42. The molecule has 1 aromatic heterocycles. The summed E-state index contributed by atoms with van der Waals surface area (Å²) >= 11 is 0. The van der Waals surface area contributed by atoms with E-state index in [1.54, 1.807) is 0 Å². The Morgan fingerprint density at radius 1 is 1.03 bits per heavy atom. The van der Waals surface area contributed by atoms with E-state index in [0.29, 0.717) is 18.4 Å². The molecule has 1 amide bonds. The number of pyridine rings is 1. The number of amides is 1. The maximum Gasteiger partial charge on any atom is 0.251 e. The van der Waals surface area contributed by atoms with Crippen LogP contribution in [0.25, 0.3) is 22.3 Å². The van der Waals surface area contributed by atoms with E-state index in [2.05, 4.69) is 70.6 Å². The number of benzene rings is 2. The topological polar surface area (TPSA) is 74.5 Å². The lowest BCUT2D eigenvalue weighted by Crippen LogP contribution is -2.31. The monoisotopic (exact) mass is 427 g/mol. The first-order valence-corrected chi connectivity index (χ1v) is 11.2. The van der Waals surface area contributed by atoms with Crippen LogP contribution in [0, 0.1) is 0 Å². The zero-order chi connectivity index (χ0) is 22.2. The quantitative estimate of drug-likeness (QED) is 0.667. The van der Waals surface area contributed by atoms with Crippen LogP contribution >= 0.6 is 0 Å². The van der Waals surface area contributed by atoms with Crippen LogP contribution in [-0.4, -0.2) is 55.6 Å². The standard InChI is InChI=1S/C26H29N5O/c1-30(2)22-10-12-31(16-22)21-6-3-17(4-7-21)20-14-24(25(27)29-15-20)18-5-8-23-19(13-18)9-11-28-26(23)32/h3-8,13-15,22H,9-12,16H2,1-2H3,(H2,27,29)(H,28,32). The molecular formula is C26H29N5O. The highest BCUT2D eigenvalue weighted by Gasteiger charge is 2.24. The summed E-state index contributed by atoms with van der Waals surface area (Å²) in [6, 6.07) is 17.3. The molecule has 0 aliphatic carbocycles. The molecule has 3 aromatic rings. The fourth-order valence-electron chi connectivity index (χ4n) is 4.72. The minimum atomic E-state index is -0.00681. The molecule has 2 aromatic carbocycles. The van der Waals surface area contributed by atoms with Gasteiger partial charge in [0.1, 0.15) is 5.82 Å². The van der Waals surface area contributed by atoms with Crippen LogP contribution in [-0.2, 0) is 6.42 Å². The number of carbonyl (C=O) groups excluding carboxylic acids is 1. The summed E-state index contributed by atoms with van der Waals surface area (Å²) in [6.07, 6.45) is 3.86. The maximum absolute atomic E-state index is 12.1. The molecule has 3 heterocycles. The van der Waals surface area contributed by atoms with Gasteiger partial charge in [-0.15, -0.1) is 0 Å². The van der Waals surface area contributed by atoms with Crippen LogP contribution in [0.1, 0.15) is 22.3 Å². The third-order valence-corrected chi connectivity index (χ3v) is 6.72. The van der Waals surface area contributed by atoms with Crippen molar-refractivity contribution < 1.29 is 4.79 Å². The molecule has 0 radical (unpaired) electrons. The van der Waals surface area contributed by atoms with E-state index in [4.69, 9.17) is 5.73 Å². The lowest BCUT2D eigenvalue weighted by atomic mass is 9.94. The van der Waals surface area contributed by atoms with Gasteiger partial charge in [0.05, 0.1) is 0 Å². The summed E-state index contributed by atoms with van der Waals surface area (Å²) in [4.78, 5) is 21.3. The Morgan fingerprint density at radius 2 is 1.81 bits per heavy atom. The van der Waals surface area contributed by atoms with Crippen molar-refractivity contribution in [1.29, 1.82) is 0 Å². The molecule has 0 saturated carbocycles. The number of hydrogen-bond donors (Lipinski definition) is 2. The number of aromatic nitrogens is 1. The average Bonchev–Trinajstić information content (AvgIpc) is 3.30. The third kappa shape index (κ3) is 3.82. The largest absolute Gasteiger partial charge is 0.383 e. The Balaban J connectivity index is 1.41. The van der Waals surface area contributed by atoms with Crippen LogP contribution in [0.3, 0.4) is 0 Å². The van der Waals surface area contributed by atoms with Crippen molar-refractivity contribution in [2.75, 3.05) is 44.4 Å². The summed E-state index contributed by atoms with van der Waals surface area (Å²) in [6.45, 7) is 2.82. The molecule has 164 valence electrons. The van der Waals surface area contributed by atoms with E-state index in [0.717, 1.165) is 52.9 Å². The highest BCUT2D eigenvalue weighted by molar-refractivity contribution is 5.97. The Kier molecular flexibility index (Phi) is 5.31. The highest BCUT2D eigenvalue weighted by atomic mass is 16.1. The second-order valence-electron chi connectivity index (χ2n) is 8.93. The van der Waals surface area contributed by atoms with E-state index in [1.165, 1.54) is 12.1 Å². The lowest BCUT2D eigenvalue weighted by molar-refractivity contribution is 0.0946. The van der Waals surface area contributed by atoms with Crippen molar-refractivity contribution in [3.05, 3.63) is 65.9 Å². The Hall–Kier alpha value is -3.38. The van der Waals surface area contributed by atoms with Gasteiger partial charge < -0.3 is 20.9 Å². The van der Waals surface area contributed by atoms with Crippen molar-refractivity contribution in [2.24, 2.45) is 0 Å². The van der Waals surface area contributed by atoms with E-state index < -0.39 is 0 Å². The molecule has 1 unspecified atom stereocenters. The summed E-state index contributed by atoms with van der Waals surface area (Å²) in [5.41, 5.74) is 13.3. The normalized spacial score (nSPS) is 18.0. The molecule has 5 rings (SSSR count). The molecule has 3 N–H and O–H groups in total. The fourth-order valence-corrected chi connectivity index (χ4v) is 4.72. The molecule has 2 aliphatic rings. The number of nitrogens with one attached hydrogen (secondary N) is 1. The van der Waals surface area contributed by atoms with Crippen LogP contribution < -0.4 is 16.0 Å². The highest BCUT2D eigenvalue weighted by Crippen LogP contribution is 2.32. The number of hydrogen-bond acceptors (Lipinski definition) is 5. The number of likely N-dealkylation sites (N-methyl/N-ethyl adjacent to an activating group) is 1. The SMILES string of the molecule is CN(C)C1CCN(c2ccc(-c3cnc(N)c(-c4ccc5c(c4)CCNC5=O)c3)cc2)C1. The van der Waals surface area contributed by atoms with Crippen LogP contribution in [0.5, 0.6) is 0 Å². The first kappa shape index (κ1) is 20.5. The van der Waals surface area contributed by atoms with E-state index >= 15 is 0 Å². The van der Waals surface area contributed by atoms with Gasteiger partial charge in [0.25, 0.3) is 5.91 Å². The Morgan fingerprint density at radius 3 is 2.56 bits per heavy atom. The molecule has 6 heteroatoms. The van der Waals surface area contributed by atoms with Crippen molar-refractivity contribution in [1.82, 2.24) is 15.2 Å². The smallest absolute Gasteiger partial charge is 0.251 e. The van der Waals surface area contributed by atoms with Gasteiger partial charge in [0.15, 0.2) is 0 Å². The number of rotatable bonds is 4. The van der Waals surface area contributed by atoms with Gasteiger partial charge in [-0.25, -0.2) is 4.98 Å². The first-order valence-electron chi connectivity index (χ1n) is 11.2. The molecule has 0 bridgehead atoms. The van der Waals surface area contributed by atoms with Gasteiger partial charge in [-0.2, -0.15) is 0 Å². The molecular weight excluding hydrogens is 398 g/mol. The summed E-state index contributed by atoms with van der Waals surface area (Å²) in [7, 11) is 4.31. The molecule has 2 aliphatic heterocycles. The Bertz CT molecular complexity index is 1160. The van der Waals surface area contributed by atoms with Crippen molar-refractivity contribution in [3.63, 3.8) is 0 Å². The Labute approximate surface area is 189 Å². The van der Waals surface area contributed by atoms with Gasteiger partial charge in [-0.05, 0) is 67.9 Å². The zero-order valence-corrected chi connectivity index (χ0v) is 18.6. The molecule has 1 atom stereocenters. The van der Waals surface area contributed by atoms with Crippen molar-refractivity contribution in [2.45, 2.75) is 18.9 Å². The van der Waals surface area contributed by atoms with E-state index in [9.17, 15) is 4.79 Å². The second kappa shape index (κ2) is 8.28. The molecule has 1 saturated heterocycles. The summed E-state index contributed by atoms with van der Waals surface area (Å²) in [5, 5.41) is 2.89. The van der Waals surface area contributed by atoms with Crippen LogP contribution in [0.2, 0.25) is 0 Å². The van der Waals surface area contributed by atoms with Gasteiger partial charge >= 0.3 is 0 Å². The van der Waals surface area contributed by atoms with E-state index in [-0.39, 0.29) is 5.91 Å². The number of carbonyl (C=O) groups is 1. The van der Waals surface area contributed by atoms with Crippen LogP contribution in [0.15, 0.2) is 54.7 Å². The van der Waals surface area contributed by atoms with Gasteiger partial charge in [-0.1, -0.05) is 24.3 Å². The summed E-state index contributed by atoms with van der Waals surface area (Å²) < 4.78 is 0. The van der Waals surface area contributed by atoms with Gasteiger partial charge in [0.2, 0.25) is 0 Å². The average molecular weight is 428 g/mol. The number of nitrogen functional groups attached to an aromatic ring is 1. The number of fused-ring (bicyclic) bond motifs is 1. The minimum absolute atomic E-state index is 0.00681. The third-order valence-electron chi connectivity index (χ3n) is 6.72. The zero-order valence-electron chi connectivity index (χ0n) is 18.6. The van der Waals surface area contributed by atoms with Gasteiger partial charge in [0, 0.05) is 54.3 Å². The lowest BCUT2D eigenvalue weighted by Gasteiger charge is -2.22. The first-order chi connectivity index (χ1) is 15.5.